The van der Waals surface area contributed by atoms with Crippen molar-refractivity contribution in [3.05, 3.63) is 0 Å². The molecular weight excluding hydrogens is 781 g/mol. The topological polar surface area (TPSA) is 78.9 Å². The van der Waals surface area contributed by atoms with Gasteiger partial charge in [-0.05, 0) is 19.3 Å². The Morgan fingerprint density at radius 2 is 0.429 bits per heavy atom. The van der Waals surface area contributed by atoms with Gasteiger partial charge in [0.2, 0.25) is 0 Å². The summed E-state index contributed by atoms with van der Waals surface area (Å²) in [6, 6.07) is 0. The zero-order chi connectivity index (χ0) is 45.8. The van der Waals surface area contributed by atoms with Gasteiger partial charge in [-0.15, -0.1) is 0 Å². The molecule has 0 heterocycles. The molecule has 0 spiro atoms. The van der Waals surface area contributed by atoms with E-state index in [-0.39, 0.29) is 31.1 Å². The lowest BCUT2D eigenvalue weighted by Gasteiger charge is -2.18. The van der Waals surface area contributed by atoms with Crippen molar-refractivity contribution in [2.45, 2.75) is 335 Å². The van der Waals surface area contributed by atoms with Gasteiger partial charge >= 0.3 is 17.9 Å². The molecule has 0 aliphatic rings. The minimum absolute atomic E-state index is 0.0612. The smallest absolute Gasteiger partial charge is 0.306 e. The Bertz CT molecular complexity index is 936. The van der Waals surface area contributed by atoms with Crippen molar-refractivity contribution in [3.8, 4) is 0 Å². The molecule has 1 atom stereocenters. The molecule has 0 N–H and O–H groups in total. The van der Waals surface area contributed by atoms with Crippen molar-refractivity contribution in [2.75, 3.05) is 13.2 Å². The van der Waals surface area contributed by atoms with Crippen LogP contribution in [0.4, 0.5) is 0 Å². The second-order valence-electron chi connectivity index (χ2n) is 19.6. The first-order chi connectivity index (χ1) is 31.0. The molecule has 0 saturated heterocycles. The van der Waals surface area contributed by atoms with Gasteiger partial charge in [0.25, 0.3) is 0 Å². The third-order valence-electron chi connectivity index (χ3n) is 13.1. The molecule has 6 heteroatoms. The number of hydrogen-bond acceptors (Lipinski definition) is 6. The van der Waals surface area contributed by atoms with E-state index in [1.54, 1.807) is 0 Å². The van der Waals surface area contributed by atoms with Crippen LogP contribution >= 0.6 is 0 Å². The van der Waals surface area contributed by atoms with Gasteiger partial charge in [-0.1, -0.05) is 290 Å². The molecule has 0 aromatic carbocycles. The lowest BCUT2D eigenvalue weighted by Crippen LogP contribution is -2.30. The standard InChI is InChI=1S/C57H110O6/c1-4-7-10-13-16-19-22-24-26-28-29-31-33-36-39-42-45-48-51-57(60)63-54(52-61-55(58)49-46-43-40-37-34-21-18-15-12-9-6-3)53-62-56(59)50-47-44-41-38-35-32-30-27-25-23-20-17-14-11-8-5-2/h54H,4-53H2,1-3H3/t54-/m0/s1. The normalized spacial score (nSPS) is 11.9. The summed E-state index contributed by atoms with van der Waals surface area (Å²) in [6.45, 7) is 6.70. The summed E-state index contributed by atoms with van der Waals surface area (Å²) in [4.78, 5) is 38.1. The van der Waals surface area contributed by atoms with Crippen LogP contribution in [-0.2, 0) is 28.6 Å². The monoisotopic (exact) mass is 891 g/mol. The zero-order valence-electron chi connectivity index (χ0n) is 42.9. The maximum absolute atomic E-state index is 12.8. The highest BCUT2D eigenvalue weighted by Crippen LogP contribution is 2.18. The van der Waals surface area contributed by atoms with Crippen molar-refractivity contribution < 1.29 is 28.6 Å². The highest BCUT2D eigenvalue weighted by Gasteiger charge is 2.19. The molecule has 6 nitrogen and oxygen atoms in total. The Labute approximate surface area is 393 Å². The fourth-order valence-electron chi connectivity index (χ4n) is 8.80. The molecule has 0 aromatic heterocycles. The van der Waals surface area contributed by atoms with Crippen LogP contribution in [-0.4, -0.2) is 37.2 Å². The second kappa shape index (κ2) is 53.0. The summed E-state index contributed by atoms with van der Waals surface area (Å²) < 4.78 is 16.9. The van der Waals surface area contributed by atoms with Crippen LogP contribution in [0, 0.1) is 0 Å². The Morgan fingerprint density at radius 1 is 0.254 bits per heavy atom. The highest BCUT2D eigenvalue weighted by atomic mass is 16.6. The maximum atomic E-state index is 12.8. The number of rotatable bonds is 53. The van der Waals surface area contributed by atoms with E-state index in [1.807, 2.05) is 0 Å². The van der Waals surface area contributed by atoms with Gasteiger partial charge in [0.1, 0.15) is 13.2 Å². The Balaban J connectivity index is 4.26. The molecule has 0 fully saturated rings. The van der Waals surface area contributed by atoms with Gasteiger partial charge in [0.05, 0.1) is 0 Å². The number of unbranched alkanes of at least 4 members (excludes halogenated alkanes) is 42. The van der Waals surface area contributed by atoms with Gasteiger partial charge in [-0.2, -0.15) is 0 Å². The molecule has 0 aliphatic carbocycles. The summed E-state index contributed by atoms with van der Waals surface area (Å²) in [7, 11) is 0. The van der Waals surface area contributed by atoms with Crippen molar-refractivity contribution in [2.24, 2.45) is 0 Å². The van der Waals surface area contributed by atoms with Gasteiger partial charge in [-0.3, -0.25) is 14.4 Å². The first-order valence-electron chi connectivity index (χ1n) is 28.5. The van der Waals surface area contributed by atoms with E-state index in [0.717, 1.165) is 57.8 Å². The molecule has 0 unspecified atom stereocenters. The zero-order valence-corrected chi connectivity index (χ0v) is 42.9. The summed E-state index contributed by atoms with van der Waals surface area (Å²) in [5.41, 5.74) is 0. The third-order valence-corrected chi connectivity index (χ3v) is 13.1. The van der Waals surface area contributed by atoms with Crippen LogP contribution < -0.4 is 0 Å². The average molecular weight is 892 g/mol. The molecule has 0 bridgehead atoms. The minimum atomic E-state index is -0.760. The van der Waals surface area contributed by atoms with Crippen LogP contribution in [0.2, 0.25) is 0 Å². The summed E-state index contributed by atoms with van der Waals surface area (Å²) in [5, 5.41) is 0. The lowest BCUT2D eigenvalue weighted by atomic mass is 10.0. The molecule has 0 amide bonds. The minimum Gasteiger partial charge on any atom is -0.462 e. The van der Waals surface area contributed by atoms with E-state index in [4.69, 9.17) is 14.2 Å². The molecule has 63 heavy (non-hydrogen) atoms. The molecule has 0 rings (SSSR count). The predicted molar refractivity (Wildman–Crippen MR) is 270 cm³/mol. The summed E-state index contributed by atoms with van der Waals surface area (Å²) >= 11 is 0. The molecule has 0 aromatic rings. The van der Waals surface area contributed by atoms with Crippen molar-refractivity contribution in [1.29, 1.82) is 0 Å². The molecular formula is C57H110O6. The van der Waals surface area contributed by atoms with Crippen LogP contribution in [0.15, 0.2) is 0 Å². The van der Waals surface area contributed by atoms with E-state index in [9.17, 15) is 14.4 Å². The molecule has 0 aliphatic heterocycles. The Kier molecular flexibility index (Phi) is 51.7. The van der Waals surface area contributed by atoms with Gasteiger partial charge in [0, 0.05) is 19.3 Å². The fourth-order valence-corrected chi connectivity index (χ4v) is 8.80. The van der Waals surface area contributed by atoms with E-state index in [2.05, 4.69) is 20.8 Å². The molecule has 374 valence electrons. The van der Waals surface area contributed by atoms with E-state index >= 15 is 0 Å². The van der Waals surface area contributed by atoms with E-state index in [0.29, 0.717) is 19.3 Å². The lowest BCUT2D eigenvalue weighted by molar-refractivity contribution is -0.167. The quantitative estimate of drug-likeness (QED) is 0.0344. The largest absolute Gasteiger partial charge is 0.462 e. The van der Waals surface area contributed by atoms with Crippen molar-refractivity contribution in [1.82, 2.24) is 0 Å². The number of hydrogen-bond donors (Lipinski definition) is 0. The van der Waals surface area contributed by atoms with Crippen LogP contribution in [0.5, 0.6) is 0 Å². The maximum Gasteiger partial charge on any atom is 0.306 e. The summed E-state index contributed by atoms with van der Waals surface area (Å²) in [6.07, 6.45) is 58.1. The van der Waals surface area contributed by atoms with Crippen LogP contribution in [0.25, 0.3) is 0 Å². The number of carbonyl (C=O) groups is 3. The first kappa shape index (κ1) is 61.4. The second-order valence-corrected chi connectivity index (χ2v) is 19.6. The van der Waals surface area contributed by atoms with Gasteiger partial charge < -0.3 is 14.2 Å². The Morgan fingerprint density at radius 3 is 0.635 bits per heavy atom. The SMILES string of the molecule is CCCCCCCCCCCCCCCCCCCCC(=O)O[C@@H](COC(=O)CCCCCCCCCCCCC)COC(=O)CCCCCCCCCCCCCCCCCC. The number of ether oxygens (including phenoxy) is 3. The van der Waals surface area contributed by atoms with Crippen LogP contribution in [0.3, 0.4) is 0 Å². The molecule has 0 saturated carbocycles. The molecule has 0 radical (unpaired) electrons. The predicted octanol–water partition coefficient (Wildman–Crippen LogP) is 18.8. The average Bonchev–Trinajstić information content (AvgIpc) is 3.28. The summed E-state index contributed by atoms with van der Waals surface area (Å²) in [5.74, 6) is -0.834. The fraction of sp³-hybridized carbons (Fsp3) is 0.947. The first-order valence-corrected chi connectivity index (χ1v) is 28.5. The number of carbonyl (C=O) groups excluding carboxylic acids is 3. The Hall–Kier alpha value is -1.59. The number of esters is 3. The third kappa shape index (κ3) is 51.3. The van der Waals surface area contributed by atoms with Crippen molar-refractivity contribution in [3.63, 3.8) is 0 Å². The van der Waals surface area contributed by atoms with E-state index < -0.39 is 6.10 Å². The van der Waals surface area contributed by atoms with Gasteiger partial charge in [-0.25, -0.2) is 0 Å². The van der Waals surface area contributed by atoms with Crippen molar-refractivity contribution >= 4 is 17.9 Å². The van der Waals surface area contributed by atoms with E-state index in [1.165, 1.54) is 231 Å². The highest BCUT2D eigenvalue weighted by molar-refractivity contribution is 5.71. The van der Waals surface area contributed by atoms with Gasteiger partial charge in [0.15, 0.2) is 6.10 Å². The van der Waals surface area contributed by atoms with Crippen LogP contribution in [0.1, 0.15) is 329 Å².